The summed E-state index contributed by atoms with van der Waals surface area (Å²) >= 11 is 0. The zero-order chi connectivity index (χ0) is 8.78. The van der Waals surface area contributed by atoms with Gasteiger partial charge in [0.1, 0.15) is 0 Å². The summed E-state index contributed by atoms with van der Waals surface area (Å²) in [7, 11) is 1.90. The molecule has 0 bridgehead atoms. The van der Waals surface area contributed by atoms with Crippen LogP contribution in [0.25, 0.3) is 0 Å². The third-order valence-corrected chi connectivity index (χ3v) is 1.21. The molecule has 10 heavy (non-hydrogen) atoms. The molecule has 0 radical (unpaired) electrons. The molecule has 0 rings (SSSR count). The molecule has 0 unspecified atom stereocenters. The number of hydrogen-bond donors (Lipinski definition) is 1. The highest BCUT2D eigenvalue weighted by atomic mass is 14.8. The van der Waals surface area contributed by atoms with Gasteiger partial charge in [0.15, 0.2) is 0 Å². The first-order chi connectivity index (χ1) is 4.48. The molecule has 0 aliphatic rings. The van der Waals surface area contributed by atoms with Crippen molar-refractivity contribution in [2.75, 3.05) is 7.05 Å². The highest BCUT2D eigenvalue weighted by molar-refractivity contribution is 5.00. The van der Waals surface area contributed by atoms with Crippen LogP contribution in [0.2, 0.25) is 0 Å². The predicted octanol–water partition coefficient (Wildman–Crippen LogP) is 2.79. The molecule has 1 N–H and O–H groups in total. The van der Waals surface area contributed by atoms with Gasteiger partial charge in [-0.2, -0.15) is 0 Å². The van der Waals surface area contributed by atoms with Crippen LogP contribution in [0.3, 0.4) is 0 Å². The second kappa shape index (κ2) is 5.33. The van der Waals surface area contributed by atoms with Crippen molar-refractivity contribution < 1.29 is 0 Å². The Hall–Kier alpha value is -0.460. The summed E-state index contributed by atoms with van der Waals surface area (Å²) in [5, 5.41) is 3.01. The van der Waals surface area contributed by atoms with Crippen LogP contribution in [0.4, 0.5) is 0 Å². The maximum absolute atomic E-state index is 3.83. The molecule has 0 heterocycles. The Kier molecular flexibility index (Phi) is 6.53. The largest absolute Gasteiger partial charge is 0.391 e. The molecule has 0 spiro atoms. The number of nitrogens with one attached hydrogen (secondary N) is 1. The van der Waals surface area contributed by atoms with Crippen LogP contribution < -0.4 is 5.32 Å². The molecule has 0 aliphatic carbocycles. The molecule has 1 nitrogen and oxygen atoms in total. The van der Waals surface area contributed by atoms with Gasteiger partial charge in [-0.1, -0.05) is 41.2 Å². The summed E-state index contributed by atoms with van der Waals surface area (Å²) in [6.07, 6.45) is 0. The molecule has 0 saturated carbocycles. The number of rotatable bonds is 1. The van der Waals surface area contributed by atoms with E-state index in [0.717, 1.165) is 5.70 Å². The fourth-order valence-electron chi connectivity index (χ4n) is 0.375. The minimum absolute atomic E-state index is 0.203. The lowest BCUT2D eigenvalue weighted by atomic mass is 9.93. The first-order valence-corrected chi connectivity index (χ1v) is 3.85. The summed E-state index contributed by atoms with van der Waals surface area (Å²) in [6.45, 7) is 14.2. The molecule has 0 aromatic heterocycles. The predicted molar refractivity (Wildman–Crippen MR) is 49.0 cm³/mol. The van der Waals surface area contributed by atoms with Gasteiger partial charge in [-0.3, -0.25) is 0 Å². The van der Waals surface area contributed by atoms with Gasteiger partial charge < -0.3 is 5.32 Å². The number of hydrogen-bond acceptors (Lipinski definition) is 1. The van der Waals surface area contributed by atoms with Crippen LogP contribution >= 0.6 is 0 Å². The molecule has 0 aromatic rings. The summed E-state index contributed by atoms with van der Waals surface area (Å²) in [6, 6.07) is 0. The summed E-state index contributed by atoms with van der Waals surface area (Å²) < 4.78 is 0. The van der Waals surface area contributed by atoms with Gasteiger partial charge in [0.05, 0.1) is 0 Å². The summed E-state index contributed by atoms with van der Waals surface area (Å²) in [4.78, 5) is 0. The maximum atomic E-state index is 3.83. The molecule has 0 aliphatic heterocycles. The lowest BCUT2D eigenvalue weighted by Gasteiger charge is -2.20. The topological polar surface area (TPSA) is 12.0 Å². The van der Waals surface area contributed by atoms with Crippen LogP contribution in [0.5, 0.6) is 0 Å². The molecule has 0 amide bonds. The molecule has 62 valence electrons. The summed E-state index contributed by atoms with van der Waals surface area (Å²) in [5.41, 5.74) is 1.28. The smallest absolute Gasteiger partial charge is 0.00856 e. The van der Waals surface area contributed by atoms with Gasteiger partial charge in [-0.15, -0.1) is 0 Å². The van der Waals surface area contributed by atoms with E-state index in [4.69, 9.17) is 0 Å². The molecule has 0 aromatic carbocycles. The molecule has 0 saturated heterocycles. The van der Waals surface area contributed by atoms with E-state index < -0.39 is 0 Å². The van der Waals surface area contributed by atoms with E-state index >= 15 is 0 Å². The van der Waals surface area contributed by atoms with Crippen molar-refractivity contribution in [3.05, 3.63) is 12.3 Å². The van der Waals surface area contributed by atoms with E-state index in [1.165, 1.54) is 0 Å². The quantitative estimate of drug-likeness (QED) is 0.595. The Morgan fingerprint density at radius 3 is 1.50 bits per heavy atom. The highest BCUT2D eigenvalue weighted by Gasteiger charge is 2.11. The second-order valence-electron chi connectivity index (χ2n) is 2.98. The van der Waals surface area contributed by atoms with E-state index in [9.17, 15) is 0 Å². The third kappa shape index (κ3) is 5.67. The number of allylic oxidation sites excluding steroid dienone is 1. The van der Waals surface area contributed by atoms with Crippen molar-refractivity contribution in [3.63, 3.8) is 0 Å². The van der Waals surface area contributed by atoms with Crippen LogP contribution in [0, 0.1) is 5.41 Å². The van der Waals surface area contributed by atoms with Gasteiger partial charge >= 0.3 is 0 Å². The molecule has 0 fully saturated rings. The van der Waals surface area contributed by atoms with Crippen LogP contribution in [0.1, 0.15) is 34.6 Å². The van der Waals surface area contributed by atoms with Crippen molar-refractivity contribution >= 4 is 0 Å². The van der Waals surface area contributed by atoms with Gasteiger partial charge in [0.25, 0.3) is 0 Å². The second-order valence-corrected chi connectivity index (χ2v) is 2.98. The van der Waals surface area contributed by atoms with E-state index in [1.807, 2.05) is 20.9 Å². The molecular formula is C9H21N. The van der Waals surface area contributed by atoms with Crippen molar-refractivity contribution in [3.8, 4) is 0 Å². The van der Waals surface area contributed by atoms with Crippen LogP contribution in [-0.2, 0) is 0 Å². The SMILES string of the molecule is C=C(NC)C(C)(C)C.CC. The van der Waals surface area contributed by atoms with Crippen molar-refractivity contribution in [1.29, 1.82) is 0 Å². The van der Waals surface area contributed by atoms with E-state index in [1.54, 1.807) is 0 Å². The Morgan fingerprint density at radius 1 is 1.20 bits per heavy atom. The van der Waals surface area contributed by atoms with E-state index in [0.29, 0.717) is 0 Å². The maximum Gasteiger partial charge on any atom is 0.00856 e. The van der Waals surface area contributed by atoms with E-state index in [-0.39, 0.29) is 5.41 Å². The highest BCUT2D eigenvalue weighted by Crippen LogP contribution is 2.19. The zero-order valence-corrected chi connectivity index (χ0v) is 8.21. The monoisotopic (exact) mass is 143 g/mol. The first kappa shape index (κ1) is 12.2. The minimum Gasteiger partial charge on any atom is -0.391 e. The van der Waals surface area contributed by atoms with Crippen LogP contribution in [-0.4, -0.2) is 7.05 Å². The average molecular weight is 143 g/mol. The van der Waals surface area contributed by atoms with Crippen molar-refractivity contribution in [2.45, 2.75) is 34.6 Å². The van der Waals surface area contributed by atoms with Gasteiger partial charge in [0, 0.05) is 18.2 Å². The Labute approximate surface area is 65.5 Å². The minimum atomic E-state index is 0.203. The molecular weight excluding hydrogens is 122 g/mol. The van der Waals surface area contributed by atoms with Gasteiger partial charge in [-0.25, -0.2) is 0 Å². The summed E-state index contributed by atoms with van der Waals surface area (Å²) in [5.74, 6) is 0. The molecule has 1 heteroatoms. The van der Waals surface area contributed by atoms with Crippen molar-refractivity contribution in [1.82, 2.24) is 5.32 Å². The fraction of sp³-hybridized carbons (Fsp3) is 0.778. The lowest BCUT2D eigenvalue weighted by Crippen LogP contribution is -2.19. The van der Waals surface area contributed by atoms with E-state index in [2.05, 4.69) is 32.7 Å². The fourth-order valence-corrected chi connectivity index (χ4v) is 0.375. The lowest BCUT2D eigenvalue weighted by molar-refractivity contribution is 0.475. The Balaban J connectivity index is 0. The third-order valence-electron chi connectivity index (χ3n) is 1.21. The van der Waals surface area contributed by atoms with Gasteiger partial charge in [-0.05, 0) is 0 Å². The van der Waals surface area contributed by atoms with Crippen LogP contribution in [0.15, 0.2) is 12.3 Å². The Bertz CT molecular complexity index is 87.4. The first-order valence-electron chi connectivity index (χ1n) is 3.85. The Morgan fingerprint density at radius 2 is 1.50 bits per heavy atom. The van der Waals surface area contributed by atoms with Crippen molar-refractivity contribution in [2.24, 2.45) is 5.41 Å². The standard InChI is InChI=1S/C7H15N.C2H6/c1-6(8-5)7(2,3)4;1-2/h8H,1H2,2-5H3;1-2H3. The normalized spacial score (nSPS) is 9.40. The van der Waals surface area contributed by atoms with Gasteiger partial charge in [0.2, 0.25) is 0 Å². The zero-order valence-electron chi connectivity index (χ0n) is 8.21. The average Bonchev–Trinajstić information content (AvgIpc) is 1.89. The molecule has 0 atom stereocenters.